The average Bonchev–Trinajstić information content (AvgIpc) is 2.99. The van der Waals surface area contributed by atoms with E-state index < -0.39 is 11.6 Å². The van der Waals surface area contributed by atoms with Crippen LogP contribution in [0.15, 0.2) is 53.0 Å². The van der Waals surface area contributed by atoms with E-state index in [1.165, 1.54) is 6.07 Å². The molecule has 0 saturated heterocycles. The average molecular weight is 314 g/mol. The fraction of sp³-hybridized carbons (Fsp3) is 0.0667. The van der Waals surface area contributed by atoms with Gasteiger partial charge in [-0.15, -0.1) is 5.11 Å². The summed E-state index contributed by atoms with van der Waals surface area (Å²) >= 11 is 0. The SMILES string of the molecule is CNc1n[nH]c(-c2ccncc2)c1N=Nc1ccc(F)c(F)c1. The number of azo groups is 1. The highest BCUT2D eigenvalue weighted by atomic mass is 19.2. The molecule has 1 aromatic carbocycles. The molecule has 0 radical (unpaired) electrons. The largest absolute Gasteiger partial charge is 0.370 e. The van der Waals surface area contributed by atoms with Gasteiger partial charge in [0.1, 0.15) is 0 Å². The minimum Gasteiger partial charge on any atom is -0.370 e. The first-order chi connectivity index (χ1) is 11.2. The van der Waals surface area contributed by atoms with Gasteiger partial charge in [0.2, 0.25) is 0 Å². The topological polar surface area (TPSA) is 78.3 Å². The molecule has 0 saturated carbocycles. The summed E-state index contributed by atoms with van der Waals surface area (Å²) in [5, 5.41) is 17.9. The van der Waals surface area contributed by atoms with Gasteiger partial charge in [-0.25, -0.2) is 8.78 Å². The molecule has 0 aliphatic carbocycles. The normalized spacial score (nSPS) is 11.1. The lowest BCUT2D eigenvalue weighted by Crippen LogP contribution is -1.87. The van der Waals surface area contributed by atoms with Crippen molar-refractivity contribution >= 4 is 17.2 Å². The molecule has 116 valence electrons. The molecule has 0 aliphatic rings. The number of anilines is 1. The van der Waals surface area contributed by atoms with Crippen LogP contribution in [0.1, 0.15) is 0 Å². The second-order valence-electron chi connectivity index (χ2n) is 4.58. The number of aromatic amines is 1. The number of rotatable bonds is 4. The Balaban J connectivity index is 2.00. The molecule has 23 heavy (non-hydrogen) atoms. The Labute approximate surface area is 130 Å². The van der Waals surface area contributed by atoms with Crippen molar-refractivity contribution in [2.45, 2.75) is 0 Å². The molecule has 0 fully saturated rings. The third-order valence-electron chi connectivity index (χ3n) is 3.12. The first kappa shape index (κ1) is 14.8. The Morgan fingerprint density at radius 3 is 2.52 bits per heavy atom. The van der Waals surface area contributed by atoms with Gasteiger partial charge in [0.25, 0.3) is 0 Å². The Hall–Kier alpha value is -3.16. The van der Waals surface area contributed by atoms with Crippen molar-refractivity contribution in [2.24, 2.45) is 10.2 Å². The molecule has 2 aromatic heterocycles. The highest BCUT2D eigenvalue weighted by Crippen LogP contribution is 2.35. The molecule has 3 rings (SSSR count). The van der Waals surface area contributed by atoms with E-state index in [4.69, 9.17) is 0 Å². The third kappa shape index (κ3) is 3.05. The van der Waals surface area contributed by atoms with E-state index in [0.29, 0.717) is 17.2 Å². The van der Waals surface area contributed by atoms with E-state index in [1.807, 2.05) is 0 Å². The summed E-state index contributed by atoms with van der Waals surface area (Å²) in [6, 6.07) is 6.91. The van der Waals surface area contributed by atoms with Gasteiger partial charge in [-0.3, -0.25) is 10.1 Å². The molecule has 0 aliphatic heterocycles. The van der Waals surface area contributed by atoms with Gasteiger partial charge in [0.05, 0.1) is 11.4 Å². The third-order valence-corrected chi connectivity index (χ3v) is 3.12. The summed E-state index contributed by atoms with van der Waals surface area (Å²) in [6.07, 6.45) is 3.29. The predicted octanol–water partition coefficient (Wildman–Crippen LogP) is 4.21. The second kappa shape index (κ2) is 6.30. The monoisotopic (exact) mass is 314 g/mol. The van der Waals surface area contributed by atoms with Crippen molar-refractivity contribution in [3.8, 4) is 11.3 Å². The molecule has 3 aromatic rings. The molecular weight excluding hydrogens is 302 g/mol. The maximum Gasteiger partial charge on any atom is 0.176 e. The summed E-state index contributed by atoms with van der Waals surface area (Å²) in [5.41, 5.74) is 2.13. The van der Waals surface area contributed by atoms with E-state index >= 15 is 0 Å². The van der Waals surface area contributed by atoms with Crippen molar-refractivity contribution in [1.29, 1.82) is 0 Å². The van der Waals surface area contributed by atoms with E-state index in [9.17, 15) is 8.78 Å². The van der Waals surface area contributed by atoms with Crippen LogP contribution in [0.5, 0.6) is 0 Å². The van der Waals surface area contributed by atoms with Crippen LogP contribution in [0.2, 0.25) is 0 Å². The number of H-pyrrole nitrogens is 1. The van der Waals surface area contributed by atoms with Gasteiger partial charge in [-0.05, 0) is 24.3 Å². The zero-order valence-corrected chi connectivity index (χ0v) is 12.1. The maximum atomic E-state index is 13.2. The number of nitrogens with one attached hydrogen (secondary N) is 2. The molecule has 2 heterocycles. The Kier molecular flexibility index (Phi) is 4.05. The maximum absolute atomic E-state index is 13.2. The zero-order valence-electron chi connectivity index (χ0n) is 12.1. The molecular formula is C15H12F2N6. The minimum atomic E-state index is -0.975. The van der Waals surface area contributed by atoms with Crippen LogP contribution < -0.4 is 5.32 Å². The van der Waals surface area contributed by atoms with Crippen LogP contribution in [-0.4, -0.2) is 22.2 Å². The molecule has 0 atom stereocenters. The number of nitrogens with zero attached hydrogens (tertiary/aromatic N) is 4. The molecule has 0 bridgehead atoms. The minimum absolute atomic E-state index is 0.202. The summed E-state index contributed by atoms with van der Waals surface area (Å²) < 4.78 is 26.2. The second-order valence-corrected chi connectivity index (χ2v) is 4.58. The molecule has 2 N–H and O–H groups in total. The molecule has 8 heteroatoms. The van der Waals surface area contributed by atoms with Crippen molar-refractivity contribution < 1.29 is 8.78 Å². The van der Waals surface area contributed by atoms with Crippen molar-refractivity contribution in [3.05, 3.63) is 54.4 Å². The van der Waals surface area contributed by atoms with Gasteiger partial charge in [-0.2, -0.15) is 10.2 Å². The predicted molar refractivity (Wildman–Crippen MR) is 81.9 cm³/mol. The Morgan fingerprint density at radius 2 is 1.83 bits per heavy atom. The summed E-state index contributed by atoms with van der Waals surface area (Å²) in [7, 11) is 1.70. The lowest BCUT2D eigenvalue weighted by Gasteiger charge is -2.00. The standard InChI is InChI=1S/C15H12F2N6/c1-18-15-14(13(21-23-15)9-4-6-19-7-5-9)22-20-10-2-3-11(16)12(17)8-10/h2-8H,1H3,(H2,18,21,23). The molecule has 6 nitrogen and oxygen atoms in total. The summed E-state index contributed by atoms with van der Waals surface area (Å²) in [6.45, 7) is 0. The van der Waals surface area contributed by atoms with E-state index in [2.05, 4.69) is 30.7 Å². The molecule has 0 amide bonds. The fourth-order valence-corrected chi connectivity index (χ4v) is 1.98. The van der Waals surface area contributed by atoms with E-state index in [1.54, 1.807) is 31.6 Å². The van der Waals surface area contributed by atoms with E-state index in [0.717, 1.165) is 17.7 Å². The van der Waals surface area contributed by atoms with Crippen LogP contribution in [0, 0.1) is 11.6 Å². The van der Waals surface area contributed by atoms with Gasteiger partial charge in [0.15, 0.2) is 23.1 Å². The van der Waals surface area contributed by atoms with Crippen LogP contribution in [0.4, 0.5) is 26.0 Å². The van der Waals surface area contributed by atoms with Crippen molar-refractivity contribution in [2.75, 3.05) is 12.4 Å². The number of halogens is 2. The van der Waals surface area contributed by atoms with Gasteiger partial charge in [-0.1, -0.05) is 0 Å². The van der Waals surface area contributed by atoms with Crippen molar-refractivity contribution in [3.63, 3.8) is 0 Å². The fourth-order valence-electron chi connectivity index (χ4n) is 1.98. The first-order valence-electron chi connectivity index (χ1n) is 6.72. The summed E-state index contributed by atoms with van der Waals surface area (Å²) in [5.74, 6) is -1.42. The Bertz CT molecular complexity index is 844. The highest BCUT2D eigenvalue weighted by Gasteiger charge is 2.13. The van der Waals surface area contributed by atoms with Crippen LogP contribution in [0.3, 0.4) is 0 Å². The quantitative estimate of drug-likeness (QED) is 0.708. The number of aromatic nitrogens is 3. The molecule has 0 spiro atoms. The van der Waals surface area contributed by atoms with Gasteiger partial charge in [0, 0.05) is 31.1 Å². The van der Waals surface area contributed by atoms with Gasteiger partial charge < -0.3 is 5.32 Å². The Morgan fingerprint density at radius 1 is 1.04 bits per heavy atom. The first-order valence-corrected chi connectivity index (χ1v) is 6.72. The number of benzene rings is 1. The smallest absolute Gasteiger partial charge is 0.176 e. The number of hydrogen-bond donors (Lipinski definition) is 2. The van der Waals surface area contributed by atoms with Crippen LogP contribution in [-0.2, 0) is 0 Å². The van der Waals surface area contributed by atoms with Crippen LogP contribution >= 0.6 is 0 Å². The lowest BCUT2D eigenvalue weighted by molar-refractivity contribution is 0.509. The number of hydrogen-bond acceptors (Lipinski definition) is 5. The van der Waals surface area contributed by atoms with E-state index in [-0.39, 0.29) is 5.69 Å². The highest BCUT2D eigenvalue weighted by molar-refractivity contribution is 5.80. The van der Waals surface area contributed by atoms with Crippen LogP contribution in [0.25, 0.3) is 11.3 Å². The number of pyridine rings is 1. The van der Waals surface area contributed by atoms with Gasteiger partial charge >= 0.3 is 0 Å². The summed E-state index contributed by atoms with van der Waals surface area (Å²) in [4.78, 5) is 3.96. The lowest BCUT2D eigenvalue weighted by atomic mass is 10.2. The zero-order chi connectivity index (χ0) is 16.2. The van der Waals surface area contributed by atoms with Crippen molar-refractivity contribution in [1.82, 2.24) is 15.2 Å². The molecule has 0 unspecified atom stereocenters.